The SMILES string of the molecule is O=C(O)c1ccccc1OCCNC1CCS(=O)CC1. The van der Waals surface area contributed by atoms with E-state index < -0.39 is 16.8 Å². The second-order valence-electron chi connectivity index (χ2n) is 4.73. The molecule has 1 fully saturated rings. The fourth-order valence-corrected chi connectivity index (χ4v) is 3.49. The maximum atomic E-state index is 11.2. The molecule has 0 saturated carbocycles. The molecule has 5 nitrogen and oxygen atoms in total. The fourth-order valence-electron chi connectivity index (χ4n) is 2.19. The Morgan fingerprint density at radius 2 is 2.05 bits per heavy atom. The number of ether oxygens (including phenoxy) is 1. The first-order chi connectivity index (χ1) is 9.66. The van der Waals surface area contributed by atoms with Crippen molar-refractivity contribution in [2.45, 2.75) is 18.9 Å². The Hall–Kier alpha value is -1.40. The molecule has 0 amide bonds. The molecular weight excluding hydrogens is 278 g/mol. The number of carboxylic acids is 1. The number of hydrogen-bond acceptors (Lipinski definition) is 4. The molecule has 0 radical (unpaired) electrons. The lowest BCUT2D eigenvalue weighted by atomic mass is 10.1. The van der Waals surface area contributed by atoms with Gasteiger partial charge in [0.2, 0.25) is 0 Å². The zero-order valence-corrected chi connectivity index (χ0v) is 12.0. The standard InChI is InChI=1S/C14H19NO4S/c16-14(17)12-3-1-2-4-13(12)19-8-7-15-11-5-9-20(18)10-6-11/h1-4,11,15H,5-10H2,(H,16,17). The van der Waals surface area contributed by atoms with Gasteiger partial charge in [-0.25, -0.2) is 4.79 Å². The number of nitrogens with one attached hydrogen (secondary N) is 1. The van der Waals surface area contributed by atoms with Crippen LogP contribution in [0.4, 0.5) is 0 Å². The Kier molecular flexibility index (Phi) is 5.55. The summed E-state index contributed by atoms with van der Waals surface area (Å²) in [6.45, 7) is 1.08. The van der Waals surface area contributed by atoms with E-state index >= 15 is 0 Å². The number of carbonyl (C=O) groups is 1. The minimum atomic E-state index is -0.983. The van der Waals surface area contributed by atoms with E-state index in [0.717, 1.165) is 24.3 Å². The van der Waals surface area contributed by atoms with Gasteiger partial charge in [0.25, 0.3) is 0 Å². The average molecular weight is 297 g/mol. The Bertz CT molecular complexity index is 482. The van der Waals surface area contributed by atoms with Crippen LogP contribution in [0.3, 0.4) is 0 Å². The summed E-state index contributed by atoms with van der Waals surface area (Å²) in [4.78, 5) is 11.0. The summed E-state index contributed by atoms with van der Waals surface area (Å²) in [5.74, 6) is 0.940. The normalized spacial score (nSPS) is 22.4. The van der Waals surface area contributed by atoms with Gasteiger partial charge in [-0.15, -0.1) is 0 Å². The van der Waals surface area contributed by atoms with E-state index in [1.54, 1.807) is 18.2 Å². The molecule has 6 heteroatoms. The van der Waals surface area contributed by atoms with Crippen LogP contribution >= 0.6 is 0 Å². The van der Waals surface area contributed by atoms with Gasteiger partial charge in [-0.1, -0.05) is 12.1 Å². The quantitative estimate of drug-likeness (QED) is 0.773. The monoisotopic (exact) mass is 297 g/mol. The van der Waals surface area contributed by atoms with Crippen molar-refractivity contribution < 1.29 is 18.8 Å². The van der Waals surface area contributed by atoms with Gasteiger partial charge in [0, 0.05) is 34.9 Å². The highest BCUT2D eigenvalue weighted by atomic mass is 32.2. The summed E-state index contributed by atoms with van der Waals surface area (Å²) in [5.41, 5.74) is 0.181. The zero-order chi connectivity index (χ0) is 14.4. The molecule has 1 heterocycles. The number of para-hydroxylation sites is 1. The van der Waals surface area contributed by atoms with Gasteiger partial charge in [-0.05, 0) is 25.0 Å². The molecule has 0 aliphatic carbocycles. The van der Waals surface area contributed by atoms with Crippen LogP contribution in [0.2, 0.25) is 0 Å². The Morgan fingerprint density at radius 3 is 2.75 bits per heavy atom. The first-order valence-electron chi connectivity index (χ1n) is 6.70. The molecule has 110 valence electrons. The number of rotatable bonds is 6. The van der Waals surface area contributed by atoms with E-state index in [-0.39, 0.29) is 5.56 Å². The predicted octanol–water partition coefficient (Wildman–Crippen LogP) is 1.26. The summed E-state index contributed by atoms with van der Waals surface area (Å²) >= 11 is 0. The fraction of sp³-hybridized carbons (Fsp3) is 0.500. The van der Waals surface area contributed by atoms with Crippen molar-refractivity contribution in [2.24, 2.45) is 0 Å². The van der Waals surface area contributed by atoms with Crippen LogP contribution in [0.5, 0.6) is 5.75 Å². The number of aromatic carboxylic acids is 1. The van der Waals surface area contributed by atoms with Crippen LogP contribution < -0.4 is 10.1 Å². The topological polar surface area (TPSA) is 75.6 Å². The van der Waals surface area contributed by atoms with Gasteiger partial charge >= 0.3 is 5.97 Å². The molecule has 2 rings (SSSR count). The minimum Gasteiger partial charge on any atom is -0.491 e. The molecule has 0 bridgehead atoms. The van der Waals surface area contributed by atoms with Gasteiger partial charge < -0.3 is 15.2 Å². The minimum absolute atomic E-state index is 0.181. The first-order valence-corrected chi connectivity index (χ1v) is 8.19. The van der Waals surface area contributed by atoms with Crippen molar-refractivity contribution in [3.05, 3.63) is 29.8 Å². The second-order valence-corrected chi connectivity index (χ2v) is 6.42. The summed E-state index contributed by atoms with van der Waals surface area (Å²) in [5, 5.41) is 12.4. The molecule has 2 N–H and O–H groups in total. The molecule has 1 aromatic rings. The largest absolute Gasteiger partial charge is 0.491 e. The lowest BCUT2D eigenvalue weighted by Gasteiger charge is -2.22. The number of carboxylic acid groups (broad SMARTS) is 1. The third-order valence-corrected chi connectivity index (χ3v) is 4.68. The number of benzene rings is 1. The maximum Gasteiger partial charge on any atom is 0.339 e. The summed E-state index contributed by atoms with van der Waals surface area (Å²) in [6.07, 6.45) is 1.86. The maximum absolute atomic E-state index is 11.2. The van der Waals surface area contributed by atoms with Gasteiger partial charge in [-0.2, -0.15) is 0 Å². The van der Waals surface area contributed by atoms with Gasteiger partial charge in [0.1, 0.15) is 17.9 Å². The molecule has 1 aliphatic rings. The van der Waals surface area contributed by atoms with Crippen molar-refractivity contribution in [1.82, 2.24) is 5.32 Å². The van der Waals surface area contributed by atoms with E-state index in [4.69, 9.17) is 9.84 Å². The molecule has 0 aromatic heterocycles. The van der Waals surface area contributed by atoms with Gasteiger partial charge in [-0.3, -0.25) is 4.21 Å². The van der Waals surface area contributed by atoms with E-state index in [1.165, 1.54) is 6.07 Å². The Morgan fingerprint density at radius 1 is 1.35 bits per heavy atom. The molecular formula is C14H19NO4S. The van der Waals surface area contributed by atoms with Crippen molar-refractivity contribution in [2.75, 3.05) is 24.7 Å². The highest BCUT2D eigenvalue weighted by Gasteiger charge is 2.17. The van der Waals surface area contributed by atoms with Crippen LogP contribution in [0.15, 0.2) is 24.3 Å². The summed E-state index contributed by atoms with van der Waals surface area (Å²) < 4.78 is 16.7. The summed E-state index contributed by atoms with van der Waals surface area (Å²) in [6, 6.07) is 7.02. The summed E-state index contributed by atoms with van der Waals surface area (Å²) in [7, 11) is -0.643. The molecule has 20 heavy (non-hydrogen) atoms. The first kappa shape index (κ1) is 15.0. The van der Waals surface area contributed by atoms with Crippen LogP contribution in [0.1, 0.15) is 23.2 Å². The van der Waals surface area contributed by atoms with Crippen molar-refractivity contribution in [3.8, 4) is 5.75 Å². The van der Waals surface area contributed by atoms with E-state index in [9.17, 15) is 9.00 Å². The molecule has 1 aliphatic heterocycles. The van der Waals surface area contributed by atoms with Gasteiger partial charge in [0.15, 0.2) is 0 Å². The highest BCUT2D eigenvalue weighted by Crippen LogP contribution is 2.17. The molecule has 0 spiro atoms. The lowest BCUT2D eigenvalue weighted by molar-refractivity contribution is 0.0692. The second kappa shape index (κ2) is 7.40. The van der Waals surface area contributed by atoms with E-state index in [0.29, 0.717) is 24.9 Å². The zero-order valence-electron chi connectivity index (χ0n) is 11.2. The third kappa shape index (κ3) is 4.31. The average Bonchev–Trinajstić information content (AvgIpc) is 2.46. The lowest BCUT2D eigenvalue weighted by Crippen LogP contribution is -2.37. The van der Waals surface area contributed by atoms with Gasteiger partial charge in [0.05, 0.1) is 0 Å². The van der Waals surface area contributed by atoms with Crippen LogP contribution in [0, 0.1) is 0 Å². The Balaban J connectivity index is 1.73. The van der Waals surface area contributed by atoms with Crippen LogP contribution in [-0.4, -0.2) is 46.0 Å². The van der Waals surface area contributed by atoms with Crippen molar-refractivity contribution in [1.29, 1.82) is 0 Å². The smallest absolute Gasteiger partial charge is 0.339 e. The van der Waals surface area contributed by atoms with Crippen molar-refractivity contribution >= 4 is 16.8 Å². The van der Waals surface area contributed by atoms with E-state index in [2.05, 4.69) is 5.32 Å². The number of hydrogen-bond donors (Lipinski definition) is 2. The van der Waals surface area contributed by atoms with E-state index in [1.807, 2.05) is 0 Å². The van der Waals surface area contributed by atoms with Crippen LogP contribution in [0.25, 0.3) is 0 Å². The molecule has 0 atom stereocenters. The van der Waals surface area contributed by atoms with Crippen molar-refractivity contribution in [3.63, 3.8) is 0 Å². The van der Waals surface area contributed by atoms with Crippen LogP contribution in [-0.2, 0) is 10.8 Å². The third-order valence-electron chi connectivity index (χ3n) is 3.30. The molecule has 1 saturated heterocycles. The molecule has 0 unspecified atom stereocenters. The molecule has 1 aromatic carbocycles. The predicted molar refractivity (Wildman–Crippen MR) is 77.8 cm³/mol. The highest BCUT2D eigenvalue weighted by molar-refractivity contribution is 7.85. The Labute approximate surface area is 120 Å².